The van der Waals surface area contributed by atoms with Crippen molar-refractivity contribution in [3.8, 4) is 0 Å². The number of anilines is 1. The second kappa shape index (κ2) is 9.34. The zero-order valence-corrected chi connectivity index (χ0v) is 15.6. The molecule has 0 saturated carbocycles. The average Bonchev–Trinajstić information content (AvgIpc) is 2.62. The lowest BCUT2D eigenvalue weighted by atomic mass is 9.96. The summed E-state index contributed by atoms with van der Waals surface area (Å²) in [7, 11) is 0. The Kier molecular flexibility index (Phi) is 7.15. The summed E-state index contributed by atoms with van der Waals surface area (Å²) in [4.78, 5) is 37.7. The summed E-state index contributed by atoms with van der Waals surface area (Å²) >= 11 is 0. The monoisotopic (exact) mass is 379 g/mol. The molecule has 1 unspecified atom stereocenters. The number of benzene rings is 1. The molecule has 1 saturated heterocycles. The number of hydrogen-bond acceptors (Lipinski definition) is 3. The first-order valence-electron chi connectivity index (χ1n) is 9.11. The number of carbonyl (C=O) groups is 3. The Labute approximate surface area is 157 Å². The van der Waals surface area contributed by atoms with Crippen LogP contribution in [0.3, 0.4) is 0 Å². The molecular weight excluding hydrogens is 353 g/mol. The molecule has 3 N–H and O–H groups in total. The van der Waals surface area contributed by atoms with E-state index in [4.69, 9.17) is 0 Å². The van der Waals surface area contributed by atoms with Crippen molar-refractivity contribution in [1.29, 1.82) is 0 Å². The number of carboxylic acids is 1. The fraction of sp³-hybridized carbons (Fsp3) is 0.526. The maximum atomic E-state index is 13.7. The summed E-state index contributed by atoms with van der Waals surface area (Å²) in [6.07, 6.45) is 1.53. The molecule has 27 heavy (non-hydrogen) atoms. The maximum Gasteiger partial charge on any atom is 0.326 e. The van der Waals surface area contributed by atoms with Crippen molar-refractivity contribution < 1.29 is 23.9 Å². The van der Waals surface area contributed by atoms with Crippen molar-refractivity contribution >= 4 is 23.6 Å². The summed E-state index contributed by atoms with van der Waals surface area (Å²) in [6, 6.07) is 4.44. The lowest BCUT2D eigenvalue weighted by Gasteiger charge is -2.32. The van der Waals surface area contributed by atoms with Crippen LogP contribution in [0.1, 0.15) is 33.1 Å². The zero-order chi connectivity index (χ0) is 20.0. The Bertz CT molecular complexity index is 695. The lowest BCUT2D eigenvalue weighted by molar-refractivity contribution is -0.143. The maximum absolute atomic E-state index is 13.7. The third kappa shape index (κ3) is 5.94. The fourth-order valence-corrected chi connectivity index (χ4v) is 3.11. The molecule has 1 aliphatic rings. The Balaban J connectivity index is 1.96. The zero-order valence-electron chi connectivity index (χ0n) is 15.6. The molecule has 148 valence electrons. The minimum Gasteiger partial charge on any atom is -0.480 e. The van der Waals surface area contributed by atoms with E-state index in [-0.39, 0.29) is 24.1 Å². The smallest absolute Gasteiger partial charge is 0.326 e. The average molecular weight is 379 g/mol. The molecule has 0 spiro atoms. The number of para-hydroxylation sites is 1. The highest BCUT2D eigenvalue weighted by atomic mass is 19.1. The van der Waals surface area contributed by atoms with Crippen molar-refractivity contribution in [2.45, 2.75) is 39.2 Å². The summed E-state index contributed by atoms with van der Waals surface area (Å²) in [6.45, 7) is 4.40. The largest absolute Gasteiger partial charge is 0.480 e. The molecule has 1 heterocycles. The number of likely N-dealkylation sites (tertiary alicyclic amines) is 1. The number of aliphatic carboxylic acids is 1. The first-order chi connectivity index (χ1) is 12.8. The van der Waals surface area contributed by atoms with Gasteiger partial charge in [-0.25, -0.2) is 14.0 Å². The van der Waals surface area contributed by atoms with E-state index >= 15 is 0 Å². The van der Waals surface area contributed by atoms with Crippen molar-refractivity contribution in [3.63, 3.8) is 0 Å². The van der Waals surface area contributed by atoms with Crippen molar-refractivity contribution in [1.82, 2.24) is 10.2 Å². The number of carboxylic acid groups (broad SMARTS) is 1. The molecule has 1 aliphatic heterocycles. The highest BCUT2D eigenvalue weighted by Crippen LogP contribution is 2.20. The van der Waals surface area contributed by atoms with Gasteiger partial charge in [0.25, 0.3) is 0 Å². The predicted molar refractivity (Wildman–Crippen MR) is 98.7 cm³/mol. The molecule has 2 atom stereocenters. The van der Waals surface area contributed by atoms with Crippen LogP contribution in [0, 0.1) is 17.7 Å². The number of halogens is 1. The summed E-state index contributed by atoms with van der Waals surface area (Å²) in [5, 5.41) is 14.4. The van der Waals surface area contributed by atoms with Gasteiger partial charge in [-0.15, -0.1) is 0 Å². The van der Waals surface area contributed by atoms with Gasteiger partial charge in [0.1, 0.15) is 11.9 Å². The van der Waals surface area contributed by atoms with Crippen LogP contribution < -0.4 is 10.6 Å². The van der Waals surface area contributed by atoms with Gasteiger partial charge in [-0.05, 0) is 37.3 Å². The Hall–Kier alpha value is -2.64. The number of carbonyl (C=O) groups excluding carboxylic acids is 2. The Morgan fingerprint density at radius 2 is 2.00 bits per heavy atom. The lowest BCUT2D eigenvalue weighted by Crippen LogP contribution is -2.50. The SMILES string of the molecule is CC(C)C[C@H](NC(=O)C1CCCN(C(=O)Nc2ccccc2F)C1)C(=O)O. The van der Waals surface area contributed by atoms with Crippen LogP contribution in [0.25, 0.3) is 0 Å². The van der Waals surface area contributed by atoms with Crippen LogP contribution >= 0.6 is 0 Å². The first kappa shape index (κ1) is 20.7. The van der Waals surface area contributed by atoms with Crippen LogP contribution in [0.15, 0.2) is 24.3 Å². The summed E-state index contributed by atoms with van der Waals surface area (Å²) < 4.78 is 13.7. The van der Waals surface area contributed by atoms with Crippen LogP contribution in [0.2, 0.25) is 0 Å². The van der Waals surface area contributed by atoms with Gasteiger partial charge in [-0.1, -0.05) is 26.0 Å². The molecule has 7 nitrogen and oxygen atoms in total. The second-order valence-corrected chi connectivity index (χ2v) is 7.22. The molecule has 0 bridgehead atoms. The normalized spacial score (nSPS) is 18.1. The highest BCUT2D eigenvalue weighted by Gasteiger charge is 2.31. The van der Waals surface area contributed by atoms with Crippen LogP contribution in [0.4, 0.5) is 14.9 Å². The van der Waals surface area contributed by atoms with E-state index in [1.165, 1.54) is 23.1 Å². The standard InChI is InChI=1S/C19H26FN3O4/c1-12(2)10-16(18(25)26)21-17(24)13-6-5-9-23(11-13)19(27)22-15-8-4-3-7-14(15)20/h3-4,7-8,12-13,16H,5-6,9-11H2,1-2H3,(H,21,24)(H,22,27)(H,25,26)/t13?,16-/m0/s1. The predicted octanol–water partition coefficient (Wildman–Crippen LogP) is 2.69. The van der Waals surface area contributed by atoms with Gasteiger partial charge in [0.15, 0.2) is 0 Å². The molecule has 1 aromatic carbocycles. The number of nitrogens with zero attached hydrogens (tertiary/aromatic N) is 1. The molecule has 0 aromatic heterocycles. The van der Waals surface area contributed by atoms with E-state index in [1.54, 1.807) is 6.07 Å². The van der Waals surface area contributed by atoms with E-state index in [0.29, 0.717) is 25.8 Å². The minimum atomic E-state index is -1.07. The molecule has 0 aliphatic carbocycles. The Morgan fingerprint density at radius 1 is 1.30 bits per heavy atom. The molecule has 8 heteroatoms. The quantitative estimate of drug-likeness (QED) is 0.708. The third-order valence-electron chi connectivity index (χ3n) is 4.52. The van der Waals surface area contributed by atoms with Gasteiger partial charge >= 0.3 is 12.0 Å². The number of piperidine rings is 1. The van der Waals surface area contributed by atoms with Gasteiger partial charge in [0.2, 0.25) is 5.91 Å². The number of urea groups is 1. The van der Waals surface area contributed by atoms with Gasteiger partial charge in [0, 0.05) is 13.1 Å². The topological polar surface area (TPSA) is 98.7 Å². The summed E-state index contributed by atoms with van der Waals surface area (Å²) in [5.41, 5.74) is 0.0805. The van der Waals surface area contributed by atoms with Crippen LogP contribution in [0.5, 0.6) is 0 Å². The molecule has 1 fully saturated rings. The van der Waals surface area contributed by atoms with Crippen LogP contribution in [-0.2, 0) is 9.59 Å². The second-order valence-electron chi connectivity index (χ2n) is 7.22. The minimum absolute atomic E-state index is 0.0805. The Morgan fingerprint density at radius 3 is 2.63 bits per heavy atom. The van der Waals surface area contributed by atoms with E-state index in [2.05, 4.69) is 10.6 Å². The number of nitrogens with one attached hydrogen (secondary N) is 2. The van der Waals surface area contributed by atoms with E-state index in [0.717, 1.165) is 0 Å². The van der Waals surface area contributed by atoms with Crippen LogP contribution in [-0.4, -0.2) is 47.0 Å². The number of hydrogen-bond donors (Lipinski definition) is 3. The van der Waals surface area contributed by atoms with E-state index in [9.17, 15) is 23.9 Å². The highest BCUT2D eigenvalue weighted by molar-refractivity contribution is 5.90. The number of rotatable bonds is 6. The molecule has 3 amide bonds. The van der Waals surface area contributed by atoms with Crippen molar-refractivity contribution in [3.05, 3.63) is 30.1 Å². The van der Waals surface area contributed by atoms with Crippen molar-refractivity contribution in [2.75, 3.05) is 18.4 Å². The molecule has 0 radical (unpaired) electrons. The first-order valence-corrected chi connectivity index (χ1v) is 9.11. The van der Waals surface area contributed by atoms with Crippen molar-refractivity contribution in [2.24, 2.45) is 11.8 Å². The third-order valence-corrected chi connectivity index (χ3v) is 4.52. The van der Waals surface area contributed by atoms with E-state index < -0.39 is 29.8 Å². The molecule has 1 aromatic rings. The van der Waals surface area contributed by atoms with Gasteiger partial charge in [-0.2, -0.15) is 0 Å². The number of amides is 3. The fourth-order valence-electron chi connectivity index (χ4n) is 3.11. The van der Waals surface area contributed by atoms with E-state index in [1.807, 2.05) is 13.8 Å². The molecule has 2 rings (SSSR count). The summed E-state index contributed by atoms with van der Waals surface area (Å²) in [5.74, 6) is -2.33. The van der Waals surface area contributed by atoms with Gasteiger partial charge < -0.3 is 20.6 Å². The molecular formula is C19H26FN3O4. The van der Waals surface area contributed by atoms with Gasteiger partial charge in [0.05, 0.1) is 11.6 Å². The van der Waals surface area contributed by atoms with Gasteiger partial charge in [-0.3, -0.25) is 4.79 Å².